The van der Waals surface area contributed by atoms with Crippen molar-refractivity contribution in [3.8, 4) is 11.5 Å². The Labute approximate surface area is 117 Å². The molecule has 0 aliphatic rings. The predicted molar refractivity (Wildman–Crippen MR) is 62.5 cm³/mol. The molecule has 0 bridgehead atoms. The van der Waals surface area contributed by atoms with Crippen LogP contribution in [-0.4, -0.2) is 29.0 Å². The van der Waals surface area contributed by atoms with E-state index in [-0.39, 0.29) is 23.7 Å². The minimum absolute atomic E-state index is 0.102. The molecule has 0 unspecified atom stereocenters. The maximum Gasteiger partial charge on any atom is 0.573 e. The van der Waals surface area contributed by atoms with E-state index in [9.17, 15) is 23.1 Å². The Bertz CT molecular complexity index is 493. The number of aromatic nitrogens is 1. The van der Waals surface area contributed by atoms with Gasteiger partial charge in [-0.15, -0.1) is 24.8 Å². The van der Waals surface area contributed by atoms with Crippen molar-refractivity contribution >= 4 is 17.6 Å². The van der Waals surface area contributed by atoms with E-state index in [2.05, 4.69) is 14.5 Å². The Morgan fingerprint density at radius 3 is 2.65 bits per heavy atom. The number of halogens is 4. The molecule has 0 aliphatic carbocycles. The Morgan fingerprint density at radius 2 is 2.15 bits per heavy atom. The molecular formula is C11H11ClF3NO4. The van der Waals surface area contributed by atoms with E-state index in [1.165, 1.54) is 0 Å². The standard InChI is InChI=1S/C11H11ClF3NO4/c1-2-19-8(17)3-7-9(18)10(20-11(13,14)15)6(4-12)5-16-7/h5,18H,2-4H2,1H3. The average Bonchev–Trinajstić information content (AvgIpc) is 2.33. The fourth-order valence-electron chi connectivity index (χ4n) is 1.36. The van der Waals surface area contributed by atoms with Gasteiger partial charge >= 0.3 is 12.3 Å². The van der Waals surface area contributed by atoms with Crippen molar-refractivity contribution in [1.29, 1.82) is 0 Å². The first kappa shape index (κ1) is 16.4. The Morgan fingerprint density at radius 1 is 1.50 bits per heavy atom. The number of carbonyl (C=O) groups excluding carboxylic acids is 1. The molecule has 1 aromatic heterocycles. The Kier molecular flexibility index (Phi) is 5.43. The molecule has 0 atom stereocenters. The summed E-state index contributed by atoms with van der Waals surface area (Å²) in [4.78, 5) is 14.9. The van der Waals surface area contributed by atoms with E-state index in [0.29, 0.717) is 0 Å². The largest absolute Gasteiger partial charge is 0.573 e. The maximum absolute atomic E-state index is 12.3. The highest BCUT2D eigenvalue weighted by Crippen LogP contribution is 2.37. The number of alkyl halides is 4. The molecule has 5 nitrogen and oxygen atoms in total. The number of hydrogen-bond acceptors (Lipinski definition) is 5. The molecule has 1 aromatic rings. The van der Waals surface area contributed by atoms with E-state index >= 15 is 0 Å². The van der Waals surface area contributed by atoms with Crippen molar-refractivity contribution in [2.45, 2.75) is 25.6 Å². The average molecular weight is 314 g/mol. The van der Waals surface area contributed by atoms with Crippen LogP contribution < -0.4 is 4.74 Å². The van der Waals surface area contributed by atoms with Gasteiger partial charge in [0.25, 0.3) is 0 Å². The van der Waals surface area contributed by atoms with Crippen LogP contribution in [0, 0.1) is 0 Å². The lowest BCUT2D eigenvalue weighted by molar-refractivity contribution is -0.275. The van der Waals surface area contributed by atoms with Crippen molar-refractivity contribution in [2.24, 2.45) is 0 Å². The van der Waals surface area contributed by atoms with Gasteiger partial charge < -0.3 is 14.6 Å². The van der Waals surface area contributed by atoms with Crippen LogP contribution in [0.2, 0.25) is 0 Å². The molecule has 0 saturated carbocycles. The zero-order valence-electron chi connectivity index (χ0n) is 10.3. The first-order valence-electron chi connectivity index (χ1n) is 5.45. The third-order valence-electron chi connectivity index (χ3n) is 2.14. The van der Waals surface area contributed by atoms with Crippen LogP contribution >= 0.6 is 11.6 Å². The van der Waals surface area contributed by atoms with Gasteiger partial charge in [-0.1, -0.05) is 0 Å². The van der Waals surface area contributed by atoms with E-state index in [1.807, 2.05) is 0 Å². The summed E-state index contributed by atoms with van der Waals surface area (Å²) in [6, 6.07) is 0. The van der Waals surface area contributed by atoms with Crippen molar-refractivity contribution in [3.63, 3.8) is 0 Å². The smallest absolute Gasteiger partial charge is 0.503 e. The molecule has 0 amide bonds. The first-order valence-corrected chi connectivity index (χ1v) is 5.99. The van der Waals surface area contributed by atoms with Crippen LogP contribution in [0.25, 0.3) is 0 Å². The van der Waals surface area contributed by atoms with Crippen LogP contribution in [-0.2, 0) is 21.8 Å². The zero-order chi connectivity index (χ0) is 15.3. The van der Waals surface area contributed by atoms with E-state index in [4.69, 9.17) is 11.6 Å². The van der Waals surface area contributed by atoms with Gasteiger partial charge in [0.15, 0.2) is 11.5 Å². The fraction of sp³-hybridized carbons (Fsp3) is 0.455. The number of ether oxygens (including phenoxy) is 2. The summed E-state index contributed by atoms with van der Waals surface area (Å²) in [7, 11) is 0. The maximum atomic E-state index is 12.3. The molecule has 0 fully saturated rings. The minimum atomic E-state index is -5.00. The number of pyridine rings is 1. The summed E-state index contributed by atoms with van der Waals surface area (Å²) in [5.41, 5.74) is -0.425. The fourth-order valence-corrected chi connectivity index (χ4v) is 1.55. The van der Waals surface area contributed by atoms with Gasteiger partial charge in [-0.3, -0.25) is 9.78 Å². The Balaban J connectivity index is 3.11. The third kappa shape index (κ3) is 4.44. The van der Waals surface area contributed by atoms with Gasteiger partial charge in [0.2, 0.25) is 0 Å². The number of hydrogen-bond donors (Lipinski definition) is 1. The van der Waals surface area contributed by atoms with Crippen LogP contribution in [0.5, 0.6) is 11.5 Å². The van der Waals surface area contributed by atoms with Gasteiger partial charge in [0.05, 0.1) is 24.6 Å². The van der Waals surface area contributed by atoms with Crippen LogP contribution in [0.4, 0.5) is 13.2 Å². The third-order valence-corrected chi connectivity index (χ3v) is 2.42. The quantitative estimate of drug-likeness (QED) is 0.668. The molecule has 112 valence electrons. The van der Waals surface area contributed by atoms with Crippen LogP contribution in [0.1, 0.15) is 18.2 Å². The van der Waals surface area contributed by atoms with Gasteiger partial charge in [-0.25, -0.2) is 0 Å². The highest BCUT2D eigenvalue weighted by molar-refractivity contribution is 6.17. The number of rotatable bonds is 5. The zero-order valence-corrected chi connectivity index (χ0v) is 11.1. The highest BCUT2D eigenvalue weighted by atomic mass is 35.5. The lowest BCUT2D eigenvalue weighted by Gasteiger charge is -2.15. The normalized spacial score (nSPS) is 11.2. The summed E-state index contributed by atoms with van der Waals surface area (Å²) < 4.78 is 45.1. The Hall–Kier alpha value is -1.70. The number of aromatic hydroxyl groups is 1. The molecular weight excluding hydrogens is 303 g/mol. The molecule has 1 N–H and O–H groups in total. The predicted octanol–water partition coefficient (Wildman–Crippen LogP) is 2.53. The van der Waals surface area contributed by atoms with Crippen LogP contribution in [0.15, 0.2) is 6.20 Å². The molecule has 0 saturated heterocycles. The van der Waals surface area contributed by atoms with Crippen molar-refractivity contribution in [3.05, 3.63) is 17.5 Å². The molecule has 0 aromatic carbocycles. The summed E-state index contributed by atoms with van der Waals surface area (Å²) in [6.07, 6.45) is -4.47. The lowest BCUT2D eigenvalue weighted by Crippen LogP contribution is -2.19. The van der Waals surface area contributed by atoms with Crippen LogP contribution in [0.3, 0.4) is 0 Å². The molecule has 9 heteroatoms. The highest BCUT2D eigenvalue weighted by Gasteiger charge is 2.34. The second-order valence-corrected chi connectivity index (χ2v) is 3.84. The lowest BCUT2D eigenvalue weighted by atomic mass is 10.2. The molecule has 0 radical (unpaired) electrons. The monoisotopic (exact) mass is 313 g/mol. The van der Waals surface area contributed by atoms with Gasteiger partial charge in [0.1, 0.15) is 0 Å². The summed E-state index contributed by atoms with van der Waals surface area (Å²) >= 11 is 5.45. The van der Waals surface area contributed by atoms with E-state index in [1.54, 1.807) is 6.92 Å². The van der Waals surface area contributed by atoms with Gasteiger partial charge in [0, 0.05) is 11.8 Å². The van der Waals surface area contributed by atoms with Gasteiger partial charge in [-0.2, -0.15) is 0 Å². The van der Waals surface area contributed by atoms with Crippen molar-refractivity contribution in [1.82, 2.24) is 4.98 Å². The second-order valence-electron chi connectivity index (χ2n) is 3.57. The first-order chi connectivity index (χ1) is 9.28. The summed E-state index contributed by atoms with van der Waals surface area (Å²) in [5, 5.41) is 9.73. The summed E-state index contributed by atoms with van der Waals surface area (Å²) in [5.74, 6) is -2.81. The summed E-state index contributed by atoms with van der Waals surface area (Å²) in [6.45, 7) is 1.67. The molecule has 1 rings (SSSR count). The second kappa shape index (κ2) is 6.65. The molecule has 20 heavy (non-hydrogen) atoms. The number of carbonyl (C=O) groups is 1. The topological polar surface area (TPSA) is 68.7 Å². The number of nitrogens with zero attached hydrogens (tertiary/aromatic N) is 1. The van der Waals surface area contributed by atoms with E-state index < -0.39 is 30.3 Å². The van der Waals surface area contributed by atoms with E-state index in [0.717, 1.165) is 6.20 Å². The minimum Gasteiger partial charge on any atom is -0.503 e. The molecule has 0 aliphatic heterocycles. The SMILES string of the molecule is CCOC(=O)Cc1ncc(CCl)c(OC(F)(F)F)c1O. The van der Waals surface area contributed by atoms with Crippen molar-refractivity contribution < 1.29 is 32.5 Å². The van der Waals surface area contributed by atoms with Gasteiger partial charge in [-0.05, 0) is 6.92 Å². The number of esters is 1. The molecule has 1 heterocycles. The van der Waals surface area contributed by atoms with Crippen molar-refractivity contribution in [2.75, 3.05) is 6.61 Å². The molecule has 0 spiro atoms.